The lowest BCUT2D eigenvalue weighted by Gasteiger charge is -2.31. The highest BCUT2D eigenvalue weighted by molar-refractivity contribution is 6.02. The molecule has 28 heavy (non-hydrogen) atoms. The van der Waals surface area contributed by atoms with Gasteiger partial charge in [0.05, 0.1) is 23.5 Å². The van der Waals surface area contributed by atoms with Crippen molar-refractivity contribution in [2.24, 2.45) is 0 Å². The monoisotopic (exact) mass is 379 g/mol. The first-order chi connectivity index (χ1) is 13.5. The SMILES string of the molecule is C=C(/C=C\C(=C/C)c1c(N(C)C)c2ccc(OCC)cc2n1C1CCC1)NC. The Balaban J connectivity index is 2.27. The van der Waals surface area contributed by atoms with E-state index in [1.54, 1.807) is 0 Å². The van der Waals surface area contributed by atoms with Crippen LogP contribution in [0.15, 0.2) is 48.7 Å². The second-order valence-corrected chi connectivity index (χ2v) is 7.51. The fraction of sp³-hybridized carbons (Fsp3) is 0.417. The zero-order valence-corrected chi connectivity index (χ0v) is 17.9. The Labute approximate surface area is 169 Å². The molecule has 0 bridgehead atoms. The molecule has 1 aromatic heterocycles. The van der Waals surface area contributed by atoms with Crippen molar-refractivity contribution in [1.29, 1.82) is 0 Å². The molecular weight excluding hydrogens is 346 g/mol. The van der Waals surface area contributed by atoms with Crippen molar-refractivity contribution in [3.8, 4) is 5.75 Å². The van der Waals surface area contributed by atoms with E-state index < -0.39 is 0 Å². The zero-order valence-electron chi connectivity index (χ0n) is 17.9. The van der Waals surface area contributed by atoms with Crippen molar-refractivity contribution < 1.29 is 4.74 Å². The third kappa shape index (κ3) is 3.68. The molecule has 2 aromatic rings. The third-order valence-electron chi connectivity index (χ3n) is 5.52. The summed E-state index contributed by atoms with van der Waals surface area (Å²) in [4.78, 5) is 2.23. The largest absolute Gasteiger partial charge is 0.494 e. The van der Waals surface area contributed by atoms with E-state index in [0.29, 0.717) is 12.6 Å². The maximum Gasteiger partial charge on any atom is 0.121 e. The van der Waals surface area contributed by atoms with Crippen LogP contribution in [0, 0.1) is 0 Å². The summed E-state index contributed by atoms with van der Waals surface area (Å²) in [6.45, 7) is 8.85. The van der Waals surface area contributed by atoms with Gasteiger partial charge in [0.1, 0.15) is 5.75 Å². The number of hydrogen-bond donors (Lipinski definition) is 1. The van der Waals surface area contributed by atoms with Crippen LogP contribution in [-0.4, -0.2) is 32.3 Å². The molecule has 4 heteroatoms. The number of anilines is 1. The van der Waals surface area contributed by atoms with Crippen LogP contribution < -0.4 is 15.0 Å². The van der Waals surface area contributed by atoms with Crippen molar-refractivity contribution >= 4 is 22.2 Å². The number of fused-ring (bicyclic) bond motifs is 1. The molecule has 3 rings (SSSR count). The van der Waals surface area contributed by atoms with Gasteiger partial charge < -0.3 is 19.5 Å². The Morgan fingerprint density at radius 1 is 1.32 bits per heavy atom. The minimum atomic E-state index is 0.541. The van der Waals surface area contributed by atoms with E-state index in [1.165, 1.54) is 47.1 Å². The Morgan fingerprint density at radius 3 is 2.61 bits per heavy atom. The van der Waals surface area contributed by atoms with Crippen molar-refractivity contribution in [1.82, 2.24) is 9.88 Å². The Bertz CT molecular complexity index is 914. The van der Waals surface area contributed by atoms with Crippen LogP contribution in [0.3, 0.4) is 0 Å². The van der Waals surface area contributed by atoms with Gasteiger partial charge in [-0.05, 0) is 56.9 Å². The average Bonchev–Trinajstić information content (AvgIpc) is 2.95. The van der Waals surface area contributed by atoms with Gasteiger partial charge in [0, 0.05) is 44.3 Å². The summed E-state index contributed by atoms with van der Waals surface area (Å²) >= 11 is 0. The summed E-state index contributed by atoms with van der Waals surface area (Å²) in [7, 11) is 6.15. The van der Waals surface area contributed by atoms with Crippen LogP contribution in [0.2, 0.25) is 0 Å². The molecule has 0 aliphatic heterocycles. The number of rotatable bonds is 8. The van der Waals surface area contributed by atoms with Crippen molar-refractivity contribution in [3.05, 3.63) is 54.4 Å². The summed E-state index contributed by atoms with van der Waals surface area (Å²) in [5.74, 6) is 0.936. The molecule has 1 fully saturated rings. The molecule has 4 nitrogen and oxygen atoms in total. The molecular formula is C24H33N3O. The van der Waals surface area contributed by atoms with Crippen LogP contribution >= 0.6 is 0 Å². The Morgan fingerprint density at radius 2 is 2.07 bits per heavy atom. The molecule has 1 heterocycles. The Hall–Kier alpha value is -2.62. The topological polar surface area (TPSA) is 29.4 Å². The van der Waals surface area contributed by atoms with Crippen molar-refractivity contribution in [2.75, 3.05) is 32.6 Å². The molecule has 0 saturated heterocycles. The minimum Gasteiger partial charge on any atom is -0.494 e. The van der Waals surface area contributed by atoms with Crippen LogP contribution in [0.5, 0.6) is 5.75 Å². The van der Waals surface area contributed by atoms with Gasteiger partial charge in [-0.3, -0.25) is 0 Å². The number of ether oxygens (including phenoxy) is 1. The number of nitrogens with one attached hydrogen (secondary N) is 1. The van der Waals surface area contributed by atoms with Gasteiger partial charge in [-0.15, -0.1) is 0 Å². The molecule has 0 unspecified atom stereocenters. The number of hydrogen-bond acceptors (Lipinski definition) is 3. The molecule has 1 saturated carbocycles. The highest BCUT2D eigenvalue weighted by Crippen LogP contribution is 2.45. The van der Waals surface area contributed by atoms with Gasteiger partial charge in [-0.2, -0.15) is 0 Å². The number of nitrogens with zero attached hydrogens (tertiary/aromatic N) is 2. The lowest BCUT2D eigenvalue weighted by atomic mass is 9.92. The summed E-state index contributed by atoms with van der Waals surface area (Å²) in [6.07, 6.45) is 10.2. The van der Waals surface area contributed by atoms with Crippen molar-refractivity contribution in [2.45, 2.75) is 39.2 Å². The van der Waals surface area contributed by atoms with Gasteiger partial charge in [-0.25, -0.2) is 0 Å². The summed E-state index contributed by atoms with van der Waals surface area (Å²) in [6, 6.07) is 7.04. The van der Waals surface area contributed by atoms with Crippen LogP contribution in [-0.2, 0) is 0 Å². The molecule has 0 atom stereocenters. The van der Waals surface area contributed by atoms with Crippen LogP contribution in [0.25, 0.3) is 16.5 Å². The first-order valence-electron chi connectivity index (χ1n) is 10.2. The zero-order chi connectivity index (χ0) is 20.3. The standard InChI is InChI=1S/C24H33N3O/c1-7-18(13-12-17(3)25-4)23-24(26(5)6)21-15-14-20(28-8-2)16-22(21)27(23)19-10-9-11-19/h7,12-16,19,25H,3,8-11H2,1-2,4-6H3/b13-12-,18-7+. The summed E-state index contributed by atoms with van der Waals surface area (Å²) in [5, 5.41) is 4.37. The van der Waals surface area contributed by atoms with E-state index in [9.17, 15) is 0 Å². The predicted molar refractivity (Wildman–Crippen MR) is 121 cm³/mol. The first-order valence-corrected chi connectivity index (χ1v) is 10.2. The van der Waals surface area contributed by atoms with E-state index in [4.69, 9.17) is 4.74 Å². The van der Waals surface area contributed by atoms with Crippen LogP contribution in [0.4, 0.5) is 5.69 Å². The predicted octanol–water partition coefficient (Wildman–Crippen LogP) is 5.52. The molecule has 150 valence electrons. The van der Waals surface area contributed by atoms with Gasteiger partial charge in [-0.1, -0.05) is 18.7 Å². The normalized spacial score (nSPS) is 15.1. The molecule has 1 aromatic carbocycles. The second kappa shape index (κ2) is 8.59. The van der Waals surface area contributed by atoms with E-state index in [2.05, 4.69) is 72.7 Å². The van der Waals surface area contributed by atoms with E-state index >= 15 is 0 Å². The average molecular weight is 380 g/mol. The number of allylic oxidation sites excluding steroid dienone is 4. The fourth-order valence-corrected chi connectivity index (χ4v) is 3.87. The smallest absolute Gasteiger partial charge is 0.121 e. The maximum absolute atomic E-state index is 5.81. The summed E-state index contributed by atoms with van der Waals surface area (Å²) in [5.41, 5.74) is 5.91. The third-order valence-corrected chi connectivity index (χ3v) is 5.52. The lowest BCUT2D eigenvalue weighted by molar-refractivity contribution is 0.319. The molecule has 1 aliphatic carbocycles. The fourth-order valence-electron chi connectivity index (χ4n) is 3.87. The van der Waals surface area contributed by atoms with Gasteiger partial charge in [0.15, 0.2) is 0 Å². The number of benzene rings is 1. The van der Waals surface area contributed by atoms with Gasteiger partial charge >= 0.3 is 0 Å². The molecule has 1 N–H and O–H groups in total. The second-order valence-electron chi connectivity index (χ2n) is 7.51. The molecule has 0 radical (unpaired) electrons. The quantitative estimate of drug-likeness (QED) is 0.612. The van der Waals surface area contributed by atoms with E-state index in [1.807, 2.05) is 20.0 Å². The first kappa shape index (κ1) is 20.1. The summed E-state index contributed by atoms with van der Waals surface area (Å²) < 4.78 is 8.36. The maximum atomic E-state index is 5.81. The molecule has 0 spiro atoms. The van der Waals surface area contributed by atoms with Crippen molar-refractivity contribution in [3.63, 3.8) is 0 Å². The minimum absolute atomic E-state index is 0.541. The lowest BCUT2D eigenvalue weighted by Crippen LogP contribution is -2.20. The Kier molecular flexibility index (Phi) is 6.18. The number of aromatic nitrogens is 1. The van der Waals surface area contributed by atoms with E-state index in [0.717, 1.165) is 11.4 Å². The van der Waals surface area contributed by atoms with Crippen LogP contribution in [0.1, 0.15) is 44.8 Å². The molecule has 1 aliphatic rings. The molecule has 0 amide bonds. The van der Waals surface area contributed by atoms with Gasteiger partial charge in [0.25, 0.3) is 0 Å². The van der Waals surface area contributed by atoms with E-state index in [-0.39, 0.29) is 0 Å². The van der Waals surface area contributed by atoms with Gasteiger partial charge in [0.2, 0.25) is 0 Å². The number of likely N-dealkylation sites (N-methyl/N-ethyl adjacent to an activating group) is 1. The highest BCUT2D eigenvalue weighted by Gasteiger charge is 2.28. The highest BCUT2D eigenvalue weighted by atomic mass is 16.5.